The Balaban J connectivity index is 2.88. The topological polar surface area (TPSA) is 67.4 Å². The first-order valence-electron chi connectivity index (χ1n) is 6.50. The van der Waals surface area contributed by atoms with E-state index in [9.17, 15) is 9.59 Å². The van der Waals surface area contributed by atoms with Crippen molar-refractivity contribution < 1.29 is 14.3 Å². The molecule has 0 unspecified atom stereocenters. The van der Waals surface area contributed by atoms with E-state index in [4.69, 9.17) is 4.74 Å². The molecular weight excluding hydrogens is 256 g/mol. The molecule has 5 nitrogen and oxygen atoms in total. The van der Waals surface area contributed by atoms with E-state index in [2.05, 4.69) is 10.6 Å². The van der Waals surface area contributed by atoms with E-state index < -0.39 is 17.7 Å². The SMILES string of the molecule is CNC(=O)[C@@H](NC(=O)OC(C)(C)C)c1ccc(C)cc1. The molecule has 110 valence electrons. The fraction of sp³-hybridized carbons (Fsp3) is 0.467. The summed E-state index contributed by atoms with van der Waals surface area (Å²) in [6, 6.07) is 6.64. The number of carbonyl (C=O) groups is 2. The molecule has 5 heteroatoms. The minimum atomic E-state index is -0.768. The van der Waals surface area contributed by atoms with Crippen LogP contribution in [0.25, 0.3) is 0 Å². The van der Waals surface area contributed by atoms with Crippen molar-refractivity contribution in [3.63, 3.8) is 0 Å². The van der Waals surface area contributed by atoms with Gasteiger partial charge < -0.3 is 15.4 Å². The molecule has 20 heavy (non-hydrogen) atoms. The number of carbonyl (C=O) groups excluding carboxylic acids is 2. The largest absolute Gasteiger partial charge is 0.444 e. The molecule has 0 aliphatic carbocycles. The van der Waals surface area contributed by atoms with Gasteiger partial charge in [-0.05, 0) is 33.3 Å². The summed E-state index contributed by atoms with van der Waals surface area (Å²) >= 11 is 0. The Morgan fingerprint density at radius 3 is 2.15 bits per heavy atom. The van der Waals surface area contributed by atoms with Crippen molar-refractivity contribution in [1.29, 1.82) is 0 Å². The standard InChI is InChI=1S/C15H22N2O3/c1-10-6-8-11(9-7-10)12(13(18)16-5)17-14(19)20-15(2,3)4/h6-9,12H,1-5H3,(H,16,18)(H,17,19)/t12-/m0/s1. The van der Waals surface area contributed by atoms with Gasteiger partial charge in [0.05, 0.1) is 0 Å². The normalized spacial score (nSPS) is 12.4. The van der Waals surface area contributed by atoms with Crippen LogP contribution in [0.1, 0.15) is 37.9 Å². The molecule has 1 aromatic rings. The maximum Gasteiger partial charge on any atom is 0.408 e. The van der Waals surface area contributed by atoms with Gasteiger partial charge in [0, 0.05) is 7.05 Å². The van der Waals surface area contributed by atoms with Gasteiger partial charge in [-0.2, -0.15) is 0 Å². The lowest BCUT2D eigenvalue weighted by Gasteiger charge is -2.23. The maximum absolute atomic E-state index is 11.9. The zero-order chi connectivity index (χ0) is 15.3. The van der Waals surface area contributed by atoms with Crippen LogP contribution in [0.2, 0.25) is 0 Å². The fourth-order valence-electron chi connectivity index (χ4n) is 1.63. The number of hydrogen-bond donors (Lipinski definition) is 2. The molecule has 1 rings (SSSR count). The van der Waals surface area contributed by atoms with Gasteiger partial charge in [-0.1, -0.05) is 29.8 Å². The quantitative estimate of drug-likeness (QED) is 0.891. The molecule has 0 heterocycles. The van der Waals surface area contributed by atoms with Crippen LogP contribution < -0.4 is 10.6 Å². The second-order valence-corrected chi connectivity index (χ2v) is 5.60. The molecule has 1 atom stereocenters. The molecule has 0 fully saturated rings. The van der Waals surface area contributed by atoms with Gasteiger partial charge in [0.15, 0.2) is 0 Å². The highest BCUT2D eigenvalue weighted by Crippen LogP contribution is 2.15. The van der Waals surface area contributed by atoms with Crippen molar-refractivity contribution >= 4 is 12.0 Å². The minimum absolute atomic E-state index is 0.292. The molecule has 0 saturated heterocycles. The monoisotopic (exact) mass is 278 g/mol. The van der Waals surface area contributed by atoms with Gasteiger partial charge in [0.25, 0.3) is 0 Å². The number of nitrogens with one attached hydrogen (secondary N) is 2. The summed E-state index contributed by atoms with van der Waals surface area (Å²) < 4.78 is 5.18. The zero-order valence-corrected chi connectivity index (χ0v) is 12.6. The van der Waals surface area contributed by atoms with E-state index in [1.807, 2.05) is 31.2 Å². The molecule has 0 radical (unpaired) electrons. The third-order valence-electron chi connectivity index (χ3n) is 2.58. The Labute approximate surface area is 119 Å². The van der Waals surface area contributed by atoms with Crippen LogP contribution in [0.3, 0.4) is 0 Å². The van der Waals surface area contributed by atoms with E-state index >= 15 is 0 Å². The molecule has 0 aromatic heterocycles. The van der Waals surface area contributed by atoms with Crippen molar-refractivity contribution in [3.8, 4) is 0 Å². The Bertz CT molecular complexity index is 475. The lowest BCUT2D eigenvalue weighted by Crippen LogP contribution is -2.41. The Hall–Kier alpha value is -2.04. The van der Waals surface area contributed by atoms with E-state index in [0.29, 0.717) is 5.56 Å². The van der Waals surface area contributed by atoms with E-state index in [1.54, 1.807) is 20.8 Å². The molecule has 1 aromatic carbocycles. The molecule has 0 bridgehead atoms. The van der Waals surface area contributed by atoms with Gasteiger partial charge >= 0.3 is 6.09 Å². The van der Waals surface area contributed by atoms with Crippen LogP contribution in [0.5, 0.6) is 0 Å². The van der Waals surface area contributed by atoms with E-state index in [1.165, 1.54) is 7.05 Å². The van der Waals surface area contributed by atoms with Crippen LogP contribution in [0.15, 0.2) is 24.3 Å². The predicted octanol–water partition coefficient (Wildman–Crippen LogP) is 2.31. The average Bonchev–Trinajstić information content (AvgIpc) is 2.34. The number of hydrogen-bond acceptors (Lipinski definition) is 3. The molecule has 0 spiro atoms. The van der Waals surface area contributed by atoms with Crippen molar-refractivity contribution in [1.82, 2.24) is 10.6 Å². The number of benzene rings is 1. The molecule has 0 aliphatic heterocycles. The third-order valence-corrected chi connectivity index (χ3v) is 2.58. The summed E-state index contributed by atoms with van der Waals surface area (Å²) in [5, 5.41) is 5.12. The highest BCUT2D eigenvalue weighted by Gasteiger charge is 2.24. The number of ether oxygens (including phenoxy) is 1. The highest BCUT2D eigenvalue weighted by molar-refractivity contribution is 5.86. The smallest absolute Gasteiger partial charge is 0.408 e. The number of rotatable bonds is 3. The molecule has 0 saturated carbocycles. The maximum atomic E-state index is 11.9. The lowest BCUT2D eigenvalue weighted by atomic mass is 10.0. The van der Waals surface area contributed by atoms with E-state index in [0.717, 1.165) is 5.56 Å². The van der Waals surface area contributed by atoms with Crippen LogP contribution in [0, 0.1) is 6.92 Å². The van der Waals surface area contributed by atoms with Gasteiger partial charge in [-0.25, -0.2) is 4.79 Å². The second-order valence-electron chi connectivity index (χ2n) is 5.60. The highest BCUT2D eigenvalue weighted by atomic mass is 16.6. The first-order valence-corrected chi connectivity index (χ1v) is 6.50. The van der Waals surface area contributed by atoms with Gasteiger partial charge in [-0.15, -0.1) is 0 Å². The minimum Gasteiger partial charge on any atom is -0.444 e. The Kier molecular flexibility index (Phi) is 5.13. The predicted molar refractivity (Wildman–Crippen MR) is 77.4 cm³/mol. The van der Waals surface area contributed by atoms with Crippen molar-refractivity contribution in [2.75, 3.05) is 7.05 Å². The molecular formula is C15H22N2O3. The van der Waals surface area contributed by atoms with Crippen molar-refractivity contribution in [2.24, 2.45) is 0 Å². The number of aryl methyl sites for hydroxylation is 1. The van der Waals surface area contributed by atoms with Crippen LogP contribution in [-0.2, 0) is 9.53 Å². The van der Waals surface area contributed by atoms with Crippen LogP contribution >= 0.6 is 0 Å². The molecule has 2 amide bonds. The first kappa shape index (κ1) is 16.0. The summed E-state index contributed by atoms with van der Waals surface area (Å²) in [6.45, 7) is 7.27. The van der Waals surface area contributed by atoms with Crippen molar-refractivity contribution in [3.05, 3.63) is 35.4 Å². The van der Waals surface area contributed by atoms with Crippen LogP contribution in [0.4, 0.5) is 4.79 Å². The average molecular weight is 278 g/mol. The number of amides is 2. The number of likely N-dealkylation sites (N-methyl/N-ethyl adjacent to an activating group) is 1. The zero-order valence-electron chi connectivity index (χ0n) is 12.6. The summed E-state index contributed by atoms with van der Waals surface area (Å²) in [4.78, 5) is 23.7. The van der Waals surface area contributed by atoms with E-state index in [-0.39, 0.29) is 5.91 Å². The van der Waals surface area contributed by atoms with Gasteiger partial charge in [0.2, 0.25) is 5.91 Å². The summed E-state index contributed by atoms with van der Waals surface area (Å²) in [5.41, 5.74) is 1.19. The summed E-state index contributed by atoms with van der Waals surface area (Å²) in [5.74, 6) is -0.292. The fourth-order valence-corrected chi connectivity index (χ4v) is 1.63. The third kappa shape index (κ3) is 4.91. The van der Waals surface area contributed by atoms with Crippen LogP contribution in [-0.4, -0.2) is 24.6 Å². The second kappa shape index (κ2) is 6.41. The van der Waals surface area contributed by atoms with Crippen molar-refractivity contribution in [2.45, 2.75) is 39.3 Å². The lowest BCUT2D eigenvalue weighted by molar-refractivity contribution is -0.122. The summed E-state index contributed by atoms with van der Waals surface area (Å²) in [6.07, 6.45) is -0.619. The molecule has 2 N–H and O–H groups in total. The summed E-state index contributed by atoms with van der Waals surface area (Å²) in [7, 11) is 1.53. The Morgan fingerprint density at radius 1 is 1.15 bits per heavy atom. The number of alkyl carbamates (subject to hydrolysis) is 1. The molecule has 0 aliphatic rings. The van der Waals surface area contributed by atoms with Gasteiger partial charge in [0.1, 0.15) is 11.6 Å². The van der Waals surface area contributed by atoms with Gasteiger partial charge in [-0.3, -0.25) is 4.79 Å². The first-order chi connectivity index (χ1) is 9.23. The Morgan fingerprint density at radius 2 is 1.70 bits per heavy atom.